The Morgan fingerprint density at radius 2 is 1.89 bits per heavy atom. The molecule has 2 aromatic rings. The lowest BCUT2D eigenvalue weighted by Gasteiger charge is -2.35. The van der Waals surface area contributed by atoms with Gasteiger partial charge in [-0.25, -0.2) is 23.2 Å². The average Bonchev–Trinajstić information content (AvgIpc) is 2.82. The van der Waals surface area contributed by atoms with E-state index in [1.807, 2.05) is 20.8 Å². The van der Waals surface area contributed by atoms with Crippen LogP contribution < -0.4 is 16.0 Å². The molecule has 0 saturated heterocycles. The zero-order valence-electron chi connectivity index (χ0n) is 20.7. The van der Waals surface area contributed by atoms with Crippen LogP contribution in [-0.2, 0) is 9.53 Å². The molecule has 36 heavy (non-hydrogen) atoms. The SMILES string of the molecule is CCCN1C(=O)N[C@H](c2cccc(NC(=O)Nc3ccc(F)cc3F)c2)C(C(=O)OCC(C)C)=C1C. The van der Waals surface area contributed by atoms with E-state index in [1.54, 1.807) is 31.2 Å². The van der Waals surface area contributed by atoms with E-state index >= 15 is 0 Å². The minimum absolute atomic E-state index is 0.134. The fraction of sp³-hybridized carbons (Fsp3) is 0.346. The van der Waals surface area contributed by atoms with Gasteiger partial charge in [-0.05, 0) is 49.1 Å². The van der Waals surface area contributed by atoms with Gasteiger partial charge in [-0.1, -0.05) is 32.9 Å². The van der Waals surface area contributed by atoms with Crippen molar-refractivity contribution in [3.8, 4) is 0 Å². The largest absolute Gasteiger partial charge is 0.462 e. The molecule has 0 bridgehead atoms. The summed E-state index contributed by atoms with van der Waals surface area (Å²) in [6, 6.07) is 7.49. The Labute approximate surface area is 208 Å². The summed E-state index contributed by atoms with van der Waals surface area (Å²) in [5, 5.41) is 7.77. The number of allylic oxidation sites excluding steroid dienone is 1. The molecular weight excluding hydrogens is 470 g/mol. The highest BCUT2D eigenvalue weighted by Gasteiger charge is 2.36. The van der Waals surface area contributed by atoms with Crippen molar-refractivity contribution in [1.29, 1.82) is 0 Å². The van der Waals surface area contributed by atoms with Gasteiger partial charge in [0.05, 0.1) is 23.9 Å². The molecule has 192 valence electrons. The van der Waals surface area contributed by atoms with E-state index in [-0.39, 0.29) is 24.2 Å². The summed E-state index contributed by atoms with van der Waals surface area (Å²) in [6.45, 7) is 8.16. The molecule has 2 aromatic carbocycles. The summed E-state index contributed by atoms with van der Waals surface area (Å²) in [7, 11) is 0. The zero-order chi connectivity index (χ0) is 26.4. The van der Waals surface area contributed by atoms with Gasteiger partial charge in [0.25, 0.3) is 0 Å². The number of rotatable bonds is 8. The molecular formula is C26H30F2N4O4. The van der Waals surface area contributed by atoms with Crippen LogP contribution in [0.25, 0.3) is 0 Å². The Kier molecular flexibility index (Phi) is 8.63. The van der Waals surface area contributed by atoms with Gasteiger partial charge in [0, 0.05) is 24.0 Å². The number of nitrogens with one attached hydrogen (secondary N) is 3. The minimum atomic E-state index is -0.911. The highest BCUT2D eigenvalue weighted by molar-refractivity contribution is 6.00. The van der Waals surface area contributed by atoms with Crippen molar-refractivity contribution in [3.05, 3.63) is 70.9 Å². The van der Waals surface area contributed by atoms with Gasteiger partial charge in [-0.3, -0.25) is 4.90 Å². The van der Waals surface area contributed by atoms with Crippen LogP contribution in [0.2, 0.25) is 0 Å². The van der Waals surface area contributed by atoms with Crippen molar-refractivity contribution < 1.29 is 27.9 Å². The van der Waals surface area contributed by atoms with Gasteiger partial charge in [0.1, 0.15) is 11.6 Å². The molecule has 0 unspecified atom stereocenters. The number of nitrogens with zero attached hydrogens (tertiary/aromatic N) is 1. The van der Waals surface area contributed by atoms with Gasteiger partial charge in [-0.15, -0.1) is 0 Å². The Balaban J connectivity index is 1.87. The monoisotopic (exact) mass is 500 g/mol. The van der Waals surface area contributed by atoms with Crippen LogP contribution in [0.3, 0.4) is 0 Å². The number of hydrogen-bond acceptors (Lipinski definition) is 4. The van der Waals surface area contributed by atoms with Gasteiger partial charge >= 0.3 is 18.0 Å². The van der Waals surface area contributed by atoms with Crippen molar-refractivity contribution in [1.82, 2.24) is 10.2 Å². The van der Waals surface area contributed by atoms with Crippen LogP contribution >= 0.6 is 0 Å². The summed E-state index contributed by atoms with van der Waals surface area (Å²) < 4.78 is 32.5. The molecule has 0 aliphatic carbocycles. The van der Waals surface area contributed by atoms with Crippen molar-refractivity contribution in [2.24, 2.45) is 5.92 Å². The van der Waals surface area contributed by atoms with Crippen molar-refractivity contribution >= 4 is 29.4 Å². The molecule has 8 nitrogen and oxygen atoms in total. The summed E-state index contributed by atoms with van der Waals surface area (Å²) in [5.41, 5.74) is 1.50. The summed E-state index contributed by atoms with van der Waals surface area (Å²) in [4.78, 5) is 39.8. The van der Waals surface area contributed by atoms with Gasteiger partial charge in [-0.2, -0.15) is 0 Å². The second kappa shape index (κ2) is 11.7. The Bertz CT molecular complexity index is 1180. The van der Waals surface area contributed by atoms with E-state index < -0.39 is 29.7 Å². The smallest absolute Gasteiger partial charge is 0.338 e. The molecule has 10 heteroatoms. The standard InChI is InChI=1S/C26H30F2N4O4/c1-5-11-32-16(4)22(24(33)36-14-15(2)3)23(31-26(32)35)17-7-6-8-19(12-17)29-25(34)30-21-10-9-18(27)13-20(21)28/h6-10,12-13,15,23H,5,11,14H2,1-4H3,(H,31,35)(H2,29,30,34)/t23-/m1/s1. The predicted molar refractivity (Wildman–Crippen MR) is 132 cm³/mol. The molecule has 3 N–H and O–H groups in total. The van der Waals surface area contributed by atoms with Crippen LogP contribution in [0.4, 0.5) is 29.7 Å². The number of anilines is 2. The van der Waals surface area contributed by atoms with Crippen molar-refractivity contribution in [2.45, 2.75) is 40.2 Å². The average molecular weight is 501 g/mol. The van der Waals surface area contributed by atoms with Crippen LogP contribution in [0.1, 0.15) is 45.7 Å². The molecule has 0 saturated carbocycles. The van der Waals surface area contributed by atoms with E-state index in [0.717, 1.165) is 12.1 Å². The second-order valence-electron chi connectivity index (χ2n) is 8.85. The van der Waals surface area contributed by atoms with E-state index in [4.69, 9.17) is 4.74 Å². The summed E-state index contributed by atoms with van der Waals surface area (Å²) in [5.74, 6) is -2.07. The maximum atomic E-state index is 13.9. The molecule has 0 spiro atoms. The Hall–Kier alpha value is -3.95. The first-order chi connectivity index (χ1) is 17.1. The third-order valence-electron chi connectivity index (χ3n) is 5.47. The number of benzene rings is 2. The van der Waals surface area contributed by atoms with E-state index in [9.17, 15) is 23.2 Å². The first-order valence-electron chi connectivity index (χ1n) is 11.7. The molecule has 0 radical (unpaired) electrons. The third kappa shape index (κ3) is 6.38. The fourth-order valence-corrected chi connectivity index (χ4v) is 3.78. The first kappa shape index (κ1) is 26.7. The number of halogens is 2. The maximum absolute atomic E-state index is 13.9. The molecule has 1 heterocycles. The van der Waals surface area contributed by atoms with E-state index in [1.165, 1.54) is 4.90 Å². The maximum Gasteiger partial charge on any atom is 0.338 e. The molecule has 4 amide bonds. The number of amides is 4. The summed E-state index contributed by atoms with van der Waals surface area (Å²) >= 11 is 0. The number of carbonyl (C=O) groups excluding carboxylic acids is 3. The van der Waals surface area contributed by atoms with Crippen LogP contribution in [0.5, 0.6) is 0 Å². The highest BCUT2D eigenvalue weighted by atomic mass is 19.1. The van der Waals surface area contributed by atoms with Crippen molar-refractivity contribution in [2.75, 3.05) is 23.8 Å². The molecule has 1 aliphatic heterocycles. The molecule has 3 rings (SSSR count). The molecule has 0 aromatic heterocycles. The topological polar surface area (TPSA) is 99.8 Å². The number of hydrogen-bond donors (Lipinski definition) is 3. The van der Waals surface area contributed by atoms with Crippen LogP contribution in [0, 0.1) is 17.6 Å². The van der Waals surface area contributed by atoms with Crippen LogP contribution in [-0.4, -0.2) is 36.1 Å². The lowest BCUT2D eigenvalue weighted by atomic mass is 9.94. The minimum Gasteiger partial charge on any atom is -0.462 e. The fourth-order valence-electron chi connectivity index (χ4n) is 3.78. The second-order valence-corrected chi connectivity index (χ2v) is 8.85. The lowest BCUT2D eigenvalue weighted by Crippen LogP contribution is -2.48. The Morgan fingerprint density at radius 3 is 2.56 bits per heavy atom. The number of carbonyl (C=O) groups is 3. The highest BCUT2D eigenvalue weighted by Crippen LogP contribution is 2.32. The first-order valence-corrected chi connectivity index (χ1v) is 11.7. The zero-order valence-corrected chi connectivity index (χ0v) is 20.7. The van der Waals surface area contributed by atoms with Crippen LogP contribution in [0.15, 0.2) is 53.7 Å². The van der Waals surface area contributed by atoms with E-state index in [2.05, 4.69) is 16.0 Å². The molecule has 0 fully saturated rings. The number of esters is 1. The number of urea groups is 2. The predicted octanol–water partition coefficient (Wildman–Crippen LogP) is 5.56. The normalized spacial score (nSPS) is 15.6. The lowest BCUT2D eigenvalue weighted by molar-refractivity contribution is -0.140. The number of ether oxygens (including phenoxy) is 1. The quantitative estimate of drug-likeness (QED) is 0.413. The van der Waals surface area contributed by atoms with Gasteiger partial charge in [0.15, 0.2) is 0 Å². The van der Waals surface area contributed by atoms with Crippen molar-refractivity contribution in [3.63, 3.8) is 0 Å². The molecule has 1 atom stereocenters. The molecule has 1 aliphatic rings. The summed E-state index contributed by atoms with van der Waals surface area (Å²) in [6.07, 6.45) is 0.701. The Morgan fingerprint density at radius 1 is 1.14 bits per heavy atom. The van der Waals surface area contributed by atoms with Gasteiger partial charge < -0.3 is 20.7 Å². The van der Waals surface area contributed by atoms with Gasteiger partial charge in [0.2, 0.25) is 0 Å². The third-order valence-corrected chi connectivity index (χ3v) is 5.47. The van der Waals surface area contributed by atoms with E-state index in [0.29, 0.717) is 41.6 Å².